The number of nitrogens with one attached hydrogen (secondary N) is 3. The first-order valence-electron chi connectivity index (χ1n) is 22.9. The fraction of sp³-hybridized carbons (Fsp3) is 0.850. The van der Waals surface area contributed by atoms with Crippen LogP contribution in [0.2, 0.25) is 0 Å². The Kier molecular flexibility index (Phi) is 25.1. The van der Waals surface area contributed by atoms with Gasteiger partial charge in [0.1, 0.15) is 73.2 Å². The van der Waals surface area contributed by atoms with E-state index >= 15 is 0 Å². The Morgan fingerprint density at radius 2 is 0.845 bits per heavy atom. The largest absolute Gasteiger partial charge is 0.394 e. The highest BCUT2D eigenvalue weighted by atomic mass is 16.7. The lowest BCUT2D eigenvalue weighted by Crippen LogP contribution is -2.59. The molecule has 0 radical (unpaired) electrons. The van der Waals surface area contributed by atoms with Gasteiger partial charge in [0, 0.05) is 52.0 Å². The zero-order valence-corrected chi connectivity index (χ0v) is 38.6. The van der Waals surface area contributed by atoms with Crippen LogP contribution in [-0.4, -0.2) is 302 Å². The maximum atomic E-state index is 13.2. The van der Waals surface area contributed by atoms with Gasteiger partial charge in [-0.05, 0) is 13.0 Å². The molecule has 31 nitrogen and oxygen atoms in total. The number of amides is 5. The monoisotopic (exact) mass is 1030 g/mol. The Balaban J connectivity index is 1.37. The summed E-state index contributed by atoms with van der Waals surface area (Å²) in [6, 6.07) is 0. The third kappa shape index (κ3) is 18.0. The van der Waals surface area contributed by atoms with Gasteiger partial charge in [-0.15, -0.1) is 5.06 Å². The molecule has 4 fully saturated rings. The lowest BCUT2D eigenvalue weighted by Gasteiger charge is -2.39. The first kappa shape index (κ1) is 59.8. The topological polar surface area (TPSA) is 456 Å². The van der Waals surface area contributed by atoms with E-state index in [4.69, 9.17) is 33.3 Å². The lowest BCUT2D eigenvalue weighted by atomic mass is 9.99. The van der Waals surface area contributed by atoms with Gasteiger partial charge in [0.25, 0.3) is 11.8 Å². The molecule has 0 aromatic carbocycles. The molecule has 5 amide bonds. The lowest BCUT2D eigenvalue weighted by molar-refractivity contribution is -0.300. The predicted molar refractivity (Wildman–Crippen MR) is 227 cm³/mol. The molecule has 0 aromatic rings. The van der Waals surface area contributed by atoms with Crippen molar-refractivity contribution in [3.05, 3.63) is 0 Å². The number of hydrogen-bond acceptors (Lipinski definition) is 27. The van der Waals surface area contributed by atoms with Gasteiger partial charge in [-0.25, -0.2) is 4.79 Å². The van der Waals surface area contributed by atoms with Gasteiger partial charge in [-0.1, -0.05) is 0 Å². The van der Waals surface area contributed by atoms with E-state index in [0.29, 0.717) is 5.06 Å². The van der Waals surface area contributed by atoms with Gasteiger partial charge in [-0.3, -0.25) is 33.8 Å². The number of aliphatic hydroxyl groups excluding tert-OH is 12. The number of nitrogens with zero attached hydrogens (tertiary/aromatic N) is 3. The van der Waals surface area contributed by atoms with Gasteiger partial charge in [0.05, 0.1) is 59.3 Å². The second-order valence-corrected chi connectivity index (χ2v) is 16.9. The van der Waals surface area contributed by atoms with Crippen molar-refractivity contribution in [2.75, 3.05) is 98.5 Å². The van der Waals surface area contributed by atoms with E-state index in [1.54, 1.807) is 4.90 Å². The van der Waals surface area contributed by atoms with Crippen LogP contribution >= 0.6 is 0 Å². The number of rotatable bonds is 29. The van der Waals surface area contributed by atoms with Crippen LogP contribution in [0.4, 0.5) is 0 Å². The molecule has 4 saturated heterocycles. The zero-order valence-electron chi connectivity index (χ0n) is 38.6. The minimum atomic E-state index is -1.70. The molecule has 15 N–H and O–H groups in total. The van der Waals surface area contributed by atoms with Crippen LogP contribution in [0.1, 0.15) is 25.7 Å². The molecule has 31 heteroatoms. The number of hydroxylamine groups is 2. The maximum absolute atomic E-state index is 13.2. The number of imide groups is 1. The average molecular weight is 1030 g/mol. The van der Waals surface area contributed by atoms with Gasteiger partial charge >= 0.3 is 5.97 Å². The SMILES string of the molecule is O=C(CN(CCCC(=O)ON1C(=O)CCC1=O)CCN(CC(=O)NCCO[C@H]1O[C@H](CO)[C@@H](O)[C@H](O)[C@@H]1O)CC(=O)NCCO[C@H]1O[C@H](CO)[C@@H](O)[C@H](O)[C@@H]1O)NCCO[C@H]1O[C@H](CO)[C@@H](O)[C@H](O)[C@@H]1O. The van der Waals surface area contributed by atoms with Crippen LogP contribution in [0, 0.1) is 0 Å². The van der Waals surface area contributed by atoms with E-state index in [9.17, 15) is 90.0 Å². The van der Waals surface area contributed by atoms with Crippen molar-refractivity contribution in [2.24, 2.45) is 0 Å². The molecular formula is C40H68N6O25. The average Bonchev–Trinajstić information content (AvgIpc) is 3.66. The highest BCUT2D eigenvalue weighted by Gasteiger charge is 2.46. The van der Waals surface area contributed by atoms with E-state index in [1.165, 1.54) is 4.90 Å². The third-order valence-electron chi connectivity index (χ3n) is 11.6. The molecule has 0 unspecified atom stereocenters. The Morgan fingerprint density at radius 1 is 0.507 bits per heavy atom. The van der Waals surface area contributed by atoms with E-state index in [0.717, 1.165) is 0 Å². The maximum Gasteiger partial charge on any atom is 0.333 e. The van der Waals surface area contributed by atoms with Crippen molar-refractivity contribution in [1.82, 2.24) is 30.8 Å². The van der Waals surface area contributed by atoms with Crippen molar-refractivity contribution >= 4 is 35.5 Å². The van der Waals surface area contributed by atoms with Crippen LogP contribution in [-0.2, 0) is 62.0 Å². The van der Waals surface area contributed by atoms with E-state index in [1.807, 2.05) is 0 Å². The molecule has 0 saturated carbocycles. The fourth-order valence-electron chi connectivity index (χ4n) is 7.51. The van der Waals surface area contributed by atoms with Crippen LogP contribution in [0.15, 0.2) is 0 Å². The summed E-state index contributed by atoms with van der Waals surface area (Å²) in [6.45, 7) is -4.89. The standard InChI is InChI=1S/C40H68N6O25/c47-17-20-29(56)32(59)35(62)38(68-20)65-11-5-41-23(50)14-44(8-1-2-28(55)71-46-26(53)3-4-27(46)54)9-10-45(15-24(51)42-6-12-66-39-36(63)33(60)30(57)21(18-48)69-39)16-25(52)43-7-13-67-40-37(64)34(61)31(58)22(19-49)70-40/h20-22,29-40,47-49,56-64H,1-19H2,(H,41,50)(H,42,51)(H,43,52)/t20-,21-,22-,29-,30-,31-,32+,33+,34+,35+,36+,37+,38+,39+,40+/m1/s1. The molecule has 15 atom stereocenters. The first-order valence-corrected chi connectivity index (χ1v) is 22.9. The van der Waals surface area contributed by atoms with Crippen molar-refractivity contribution in [2.45, 2.75) is 118 Å². The van der Waals surface area contributed by atoms with E-state index < -0.39 is 161 Å². The second kappa shape index (κ2) is 29.8. The number of carbonyl (C=O) groups excluding carboxylic acids is 6. The number of aliphatic hydroxyl groups is 12. The molecule has 0 aromatic heterocycles. The Hall–Kier alpha value is -3.78. The third-order valence-corrected chi connectivity index (χ3v) is 11.6. The van der Waals surface area contributed by atoms with Crippen LogP contribution in [0.5, 0.6) is 0 Å². The summed E-state index contributed by atoms with van der Waals surface area (Å²) in [4.78, 5) is 84.0. The number of carbonyl (C=O) groups is 6. The molecule has 4 aliphatic heterocycles. The van der Waals surface area contributed by atoms with E-state index in [2.05, 4.69) is 16.0 Å². The molecule has 0 spiro atoms. The van der Waals surface area contributed by atoms with E-state index in [-0.39, 0.29) is 91.3 Å². The second-order valence-electron chi connectivity index (χ2n) is 16.9. The minimum absolute atomic E-state index is 0.00258. The molecule has 0 aliphatic carbocycles. The smallest absolute Gasteiger partial charge is 0.333 e. The summed E-state index contributed by atoms with van der Waals surface area (Å²) in [5.41, 5.74) is 0. The van der Waals surface area contributed by atoms with Crippen molar-refractivity contribution in [3.63, 3.8) is 0 Å². The molecule has 4 rings (SSSR count). The summed E-state index contributed by atoms with van der Waals surface area (Å²) < 4.78 is 32.1. The number of hydrogen-bond donors (Lipinski definition) is 15. The Morgan fingerprint density at radius 3 is 1.20 bits per heavy atom. The highest BCUT2D eigenvalue weighted by molar-refractivity contribution is 6.01. The molecule has 4 heterocycles. The molecular weight excluding hydrogens is 964 g/mol. The molecule has 4 aliphatic rings. The predicted octanol–water partition coefficient (Wildman–Crippen LogP) is -11.2. The number of ether oxygens (including phenoxy) is 6. The van der Waals surface area contributed by atoms with Crippen LogP contribution in [0.3, 0.4) is 0 Å². The van der Waals surface area contributed by atoms with Gasteiger partial charge in [-0.2, -0.15) is 0 Å². The summed E-state index contributed by atoms with van der Waals surface area (Å²) in [5, 5.41) is 127. The first-order chi connectivity index (χ1) is 33.8. The van der Waals surface area contributed by atoms with Crippen molar-refractivity contribution in [3.8, 4) is 0 Å². The van der Waals surface area contributed by atoms with Gasteiger partial charge in [0.2, 0.25) is 17.7 Å². The summed E-state index contributed by atoms with van der Waals surface area (Å²) in [5.74, 6) is -4.19. The normalized spacial score (nSPS) is 32.3. The Labute approximate surface area is 405 Å². The summed E-state index contributed by atoms with van der Waals surface area (Å²) >= 11 is 0. The van der Waals surface area contributed by atoms with Crippen molar-refractivity contribution < 1.29 is 123 Å². The van der Waals surface area contributed by atoms with Crippen LogP contribution in [0.25, 0.3) is 0 Å². The zero-order chi connectivity index (χ0) is 52.4. The molecule has 0 bridgehead atoms. The van der Waals surface area contributed by atoms with Crippen LogP contribution < -0.4 is 16.0 Å². The Bertz CT molecular complexity index is 1630. The molecule has 71 heavy (non-hydrogen) atoms. The minimum Gasteiger partial charge on any atom is -0.394 e. The molecule has 408 valence electrons. The summed E-state index contributed by atoms with van der Waals surface area (Å²) in [6.07, 6.45) is -23.7. The quantitative estimate of drug-likeness (QED) is 0.0244. The van der Waals surface area contributed by atoms with Crippen molar-refractivity contribution in [1.29, 1.82) is 0 Å². The fourth-order valence-corrected chi connectivity index (χ4v) is 7.51. The highest BCUT2D eigenvalue weighted by Crippen LogP contribution is 2.24. The summed E-state index contributed by atoms with van der Waals surface area (Å²) in [7, 11) is 0. The van der Waals surface area contributed by atoms with Gasteiger partial charge < -0.3 is 110 Å². The van der Waals surface area contributed by atoms with Gasteiger partial charge in [0.15, 0.2) is 18.9 Å².